The standard InChI is InChI=1S/C55H83N11O11/c1-11-12-30-58-48-62-45(56)44-46(63-48)66(49(70)61-44)36-38-24-26-40(27-25-38)59-47(69)41(60-50(71)74-37-39-21-14-13-15-22-39)28-29-42(67)57-31-20-35-65(52(73)77-55(8,9)10)34-19-18-33-64(51(72)76-54(5,6)7)32-17-16-23-43(68)75-53(2,3)4/h13-15,21-22,24-27,41H,11-12,16-20,23,28-37H2,1-10H3,(H,57,67)(H,59,69)(H,60,71)(H,61,70)(H3,56,58,62,63)/t41-/m0/s1. The molecule has 0 saturated heterocycles. The van der Waals surface area contributed by atoms with Crippen molar-refractivity contribution in [2.75, 3.05) is 55.6 Å². The molecule has 22 nitrogen and oxygen atoms in total. The van der Waals surface area contributed by atoms with Gasteiger partial charge in [-0.2, -0.15) is 9.97 Å². The number of nitrogens with one attached hydrogen (secondary N) is 5. The number of anilines is 3. The Balaban J connectivity index is 1.34. The fraction of sp³-hybridized carbons (Fsp3) is 0.582. The van der Waals surface area contributed by atoms with Crippen molar-refractivity contribution in [3.8, 4) is 0 Å². The molecule has 2 heterocycles. The van der Waals surface area contributed by atoms with Gasteiger partial charge in [0.15, 0.2) is 11.5 Å². The predicted octanol–water partition coefficient (Wildman–Crippen LogP) is 8.25. The number of hydrogen-bond acceptors (Lipinski definition) is 15. The van der Waals surface area contributed by atoms with E-state index in [0.717, 1.165) is 24.0 Å². The molecular formula is C55H83N11O11. The summed E-state index contributed by atoms with van der Waals surface area (Å²) in [6, 6.07) is 14.7. The van der Waals surface area contributed by atoms with Gasteiger partial charge in [-0.15, -0.1) is 0 Å². The minimum absolute atomic E-state index is 0.0403. The molecule has 0 bridgehead atoms. The molecule has 4 aromatic rings. The number of alkyl carbamates (subject to hydrolysis) is 1. The van der Waals surface area contributed by atoms with Crippen LogP contribution in [0, 0.1) is 0 Å². The average molecular weight is 1070 g/mol. The van der Waals surface area contributed by atoms with E-state index < -0.39 is 52.7 Å². The summed E-state index contributed by atoms with van der Waals surface area (Å²) in [7, 11) is 0. The molecule has 0 aliphatic heterocycles. The summed E-state index contributed by atoms with van der Waals surface area (Å²) in [5.74, 6) is -0.812. The number of aromatic amines is 1. The Kier molecular flexibility index (Phi) is 24.0. The normalized spacial score (nSPS) is 12.0. The monoisotopic (exact) mass is 1070 g/mol. The third-order valence-corrected chi connectivity index (χ3v) is 11.3. The predicted molar refractivity (Wildman–Crippen MR) is 295 cm³/mol. The van der Waals surface area contributed by atoms with Crippen molar-refractivity contribution in [3.63, 3.8) is 0 Å². The van der Waals surface area contributed by atoms with E-state index in [1.165, 1.54) is 4.57 Å². The maximum atomic E-state index is 13.8. The fourth-order valence-electron chi connectivity index (χ4n) is 7.61. The Morgan fingerprint density at radius 1 is 0.701 bits per heavy atom. The number of nitrogens with two attached hydrogens (primary N) is 1. The van der Waals surface area contributed by atoms with Crippen molar-refractivity contribution in [2.24, 2.45) is 0 Å². The number of benzene rings is 2. The van der Waals surface area contributed by atoms with E-state index in [4.69, 9.17) is 24.7 Å². The van der Waals surface area contributed by atoms with Crippen LogP contribution in [0.2, 0.25) is 0 Å². The molecule has 77 heavy (non-hydrogen) atoms. The number of imidazole rings is 1. The van der Waals surface area contributed by atoms with Gasteiger partial charge in [0, 0.05) is 57.8 Å². The van der Waals surface area contributed by atoms with Crippen LogP contribution in [0.15, 0.2) is 59.4 Å². The molecule has 0 radical (unpaired) electrons. The molecule has 424 valence electrons. The van der Waals surface area contributed by atoms with E-state index in [1.807, 2.05) is 39.0 Å². The van der Waals surface area contributed by atoms with Crippen molar-refractivity contribution in [1.82, 2.24) is 40.0 Å². The number of carbonyl (C=O) groups excluding carboxylic acids is 6. The smallest absolute Gasteiger partial charge is 0.410 e. The number of fused-ring (bicyclic) bond motifs is 1. The van der Waals surface area contributed by atoms with Crippen LogP contribution in [-0.4, -0.2) is 127 Å². The summed E-state index contributed by atoms with van der Waals surface area (Å²) in [5.41, 5.74) is 6.23. The Hall–Kier alpha value is -7.39. The second-order valence-corrected chi connectivity index (χ2v) is 21.8. The van der Waals surface area contributed by atoms with Crippen LogP contribution in [0.1, 0.15) is 145 Å². The van der Waals surface area contributed by atoms with Crippen molar-refractivity contribution < 1.29 is 47.7 Å². The molecule has 0 spiro atoms. The van der Waals surface area contributed by atoms with Crippen LogP contribution in [-0.2, 0) is 46.5 Å². The second kappa shape index (κ2) is 29.8. The van der Waals surface area contributed by atoms with E-state index in [2.05, 4.69) is 43.1 Å². The molecule has 5 amide bonds. The zero-order valence-corrected chi connectivity index (χ0v) is 46.8. The molecule has 0 saturated carbocycles. The number of rotatable bonds is 28. The average Bonchev–Trinajstić information content (AvgIpc) is 3.65. The Morgan fingerprint density at radius 2 is 1.29 bits per heavy atom. The Morgan fingerprint density at radius 3 is 1.87 bits per heavy atom. The summed E-state index contributed by atoms with van der Waals surface area (Å²) in [6.45, 7) is 20.5. The topological polar surface area (TPSA) is 284 Å². The van der Waals surface area contributed by atoms with Gasteiger partial charge in [-0.1, -0.05) is 55.8 Å². The minimum Gasteiger partial charge on any atom is -0.460 e. The number of unbranched alkanes of at least 4 members (excludes halogenated alkanes) is 3. The van der Waals surface area contributed by atoms with Crippen molar-refractivity contribution in [1.29, 1.82) is 0 Å². The van der Waals surface area contributed by atoms with Crippen LogP contribution in [0.25, 0.3) is 11.2 Å². The lowest BCUT2D eigenvalue weighted by atomic mass is 10.1. The number of ether oxygens (including phenoxy) is 4. The first-order valence-corrected chi connectivity index (χ1v) is 26.6. The van der Waals surface area contributed by atoms with Gasteiger partial charge in [0.25, 0.3) is 0 Å². The summed E-state index contributed by atoms with van der Waals surface area (Å²) < 4.78 is 23.6. The highest BCUT2D eigenvalue weighted by Gasteiger charge is 2.26. The first-order valence-electron chi connectivity index (χ1n) is 26.6. The number of H-pyrrole nitrogens is 1. The van der Waals surface area contributed by atoms with Crippen LogP contribution >= 0.6 is 0 Å². The van der Waals surface area contributed by atoms with Crippen molar-refractivity contribution in [3.05, 3.63) is 76.2 Å². The highest BCUT2D eigenvalue weighted by Crippen LogP contribution is 2.20. The Labute approximate surface area is 452 Å². The summed E-state index contributed by atoms with van der Waals surface area (Å²) in [4.78, 5) is 107. The van der Waals surface area contributed by atoms with Crippen molar-refractivity contribution >= 4 is 64.7 Å². The number of aromatic nitrogens is 4. The lowest BCUT2D eigenvalue weighted by molar-refractivity contribution is -0.155. The highest BCUT2D eigenvalue weighted by molar-refractivity contribution is 5.97. The molecule has 22 heteroatoms. The van der Waals surface area contributed by atoms with Crippen LogP contribution in [0.3, 0.4) is 0 Å². The van der Waals surface area contributed by atoms with Gasteiger partial charge < -0.3 is 60.7 Å². The molecule has 0 aliphatic rings. The zero-order valence-electron chi connectivity index (χ0n) is 46.8. The maximum Gasteiger partial charge on any atom is 0.410 e. The van der Waals surface area contributed by atoms with E-state index in [9.17, 15) is 33.6 Å². The van der Waals surface area contributed by atoms with Gasteiger partial charge in [0.2, 0.25) is 17.8 Å². The van der Waals surface area contributed by atoms with Crippen LogP contribution in [0.5, 0.6) is 0 Å². The summed E-state index contributed by atoms with van der Waals surface area (Å²) in [6.07, 6.45) is 2.65. The van der Waals surface area contributed by atoms with Gasteiger partial charge in [-0.3, -0.25) is 19.0 Å². The number of esters is 1. The van der Waals surface area contributed by atoms with Gasteiger partial charge >= 0.3 is 29.9 Å². The molecule has 2 aromatic carbocycles. The fourth-order valence-corrected chi connectivity index (χ4v) is 7.61. The first kappa shape index (κ1) is 62.2. The third-order valence-electron chi connectivity index (χ3n) is 11.3. The summed E-state index contributed by atoms with van der Waals surface area (Å²) >= 11 is 0. The lowest BCUT2D eigenvalue weighted by Crippen LogP contribution is -2.44. The Bertz CT molecular complexity index is 2600. The number of hydrogen-bond donors (Lipinski definition) is 6. The third kappa shape index (κ3) is 23.6. The number of amides is 5. The molecule has 2 aromatic heterocycles. The minimum atomic E-state index is -1.18. The maximum absolute atomic E-state index is 13.8. The van der Waals surface area contributed by atoms with Crippen LogP contribution in [0.4, 0.5) is 31.8 Å². The molecule has 1 atom stereocenters. The van der Waals surface area contributed by atoms with E-state index in [0.29, 0.717) is 81.1 Å². The molecular weight excluding hydrogens is 991 g/mol. The highest BCUT2D eigenvalue weighted by atomic mass is 16.6. The number of nitrogens with zero attached hydrogens (tertiary/aromatic N) is 5. The SMILES string of the molecule is CCCCNc1nc(N)c2[nH]c(=O)n(Cc3ccc(NC(=O)[C@H](CCC(=O)NCCCN(CCCCN(CCCCC(=O)OC(C)(C)C)C(=O)OC(C)(C)C)C(=O)OC(C)(C)C)NC(=O)OCc4ccccc4)cc3)c2n1. The van der Waals surface area contributed by atoms with E-state index >= 15 is 0 Å². The molecule has 0 fully saturated rings. The number of nitrogen functional groups attached to an aromatic ring is 1. The van der Waals surface area contributed by atoms with Crippen molar-refractivity contribution in [2.45, 2.75) is 169 Å². The van der Waals surface area contributed by atoms with E-state index in [-0.39, 0.29) is 63.2 Å². The van der Waals surface area contributed by atoms with Crippen LogP contribution < -0.4 is 32.7 Å². The largest absolute Gasteiger partial charge is 0.460 e. The zero-order chi connectivity index (χ0) is 56.8. The quantitative estimate of drug-likeness (QED) is 0.0177. The van der Waals surface area contributed by atoms with E-state index in [1.54, 1.807) is 87.7 Å². The van der Waals surface area contributed by atoms with Gasteiger partial charge in [0.05, 0.1) is 6.54 Å². The molecule has 0 aliphatic carbocycles. The molecule has 4 rings (SSSR count). The van der Waals surface area contributed by atoms with Gasteiger partial charge in [-0.25, -0.2) is 19.2 Å². The van der Waals surface area contributed by atoms with Gasteiger partial charge in [-0.05, 0) is 131 Å². The second-order valence-electron chi connectivity index (χ2n) is 21.8. The lowest BCUT2D eigenvalue weighted by Gasteiger charge is -2.29. The van der Waals surface area contributed by atoms with Gasteiger partial charge in [0.1, 0.15) is 35.0 Å². The summed E-state index contributed by atoms with van der Waals surface area (Å²) in [5, 5.41) is 11.4. The molecule has 0 unspecified atom stereocenters. The number of carbonyl (C=O) groups is 6. The first-order chi connectivity index (χ1) is 36.3. The molecule has 7 N–H and O–H groups in total.